The second kappa shape index (κ2) is 5.57. The Morgan fingerprint density at radius 3 is 2.56 bits per heavy atom. The first kappa shape index (κ1) is 14.8. The zero-order chi connectivity index (χ0) is 13.9. The van der Waals surface area contributed by atoms with Crippen molar-refractivity contribution in [3.63, 3.8) is 0 Å². The predicted molar refractivity (Wildman–Crippen MR) is 58.2 cm³/mol. The number of rotatable bonds is 4. The number of benzene rings is 1. The molecule has 0 fully saturated rings. The Bertz CT molecular complexity index is 447. The number of ether oxygens (including phenoxy) is 1. The fraction of sp³-hybridized carbons (Fsp3) is 0.300. The molecule has 0 heterocycles. The number of aliphatic carboxylic acids is 1. The number of alkyl halides is 3. The lowest BCUT2D eigenvalue weighted by Gasteiger charge is -2.14. The van der Waals surface area contributed by atoms with Gasteiger partial charge in [0.15, 0.2) is 6.10 Å². The first-order valence-corrected chi connectivity index (χ1v) is 5.43. The minimum atomic E-state index is -4.88. The first-order valence-electron chi connectivity index (χ1n) is 4.64. The number of aliphatic hydroxyl groups is 1. The van der Waals surface area contributed by atoms with Gasteiger partial charge in [-0.25, -0.2) is 4.79 Å². The molecular weight excluding hydrogens is 321 g/mol. The Hall–Kier alpha value is -1.28. The molecule has 1 aromatic rings. The SMILES string of the molecule is O=C(O)C(O)Cc1cc(Br)ccc1OC(F)(F)F. The molecule has 8 heteroatoms. The van der Waals surface area contributed by atoms with Gasteiger partial charge in [0.2, 0.25) is 0 Å². The third-order valence-electron chi connectivity index (χ3n) is 1.95. The third kappa shape index (κ3) is 4.53. The second-order valence-electron chi connectivity index (χ2n) is 3.36. The number of aliphatic hydroxyl groups excluding tert-OH is 1. The van der Waals surface area contributed by atoms with Crippen molar-refractivity contribution in [2.75, 3.05) is 0 Å². The minimum absolute atomic E-state index is 0.0587. The van der Waals surface area contributed by atoms with Crippen LogP contribution < -0.4 is 4.74 Å². The summed E-state index contributed by atoms with van der Waals surface area (Å²) >= 11 is 3.04. The molecule has 4 nitrogen and oxygen atoms in total. The molecule has 0 saturated carbocycles. The molecule has 0 radical (unpaired) electrons. The Balaban J connectivity index is 3.00. The van der Waals surface area contributed by atoms with Crippen LogP contribution in [0.1, 0.15) is 5.56 Å². The number of carboxylic acids is 1. The highest BCUT2D eigenvalue weighted by Gasteiger charge is 2.32. The average molecular weight is 329 g/mol. The Morgan fingerprint density at radius 2 is 2.06 bits per heavy atom. The molecule has 0 aromatic heterocycles. The molecule has 0 aliphatic heterocycles. The summed E-state index contributed by atoms with van der Waals surface area (Å²) in [4.78, 5) is 10.5. The van der Waals surface area contributed by atoms with E-state index in [0.29, 0.717) is 4.47 Å². The quantitative estimate of drug-likeness (QED) is 0.890. The smallest absolute Gasteiger partial charge is 0.479 e. The normalized spacial score (nSPS) is 13.2. The van der Waals surface area contributed by atoms with E-state index in [4.69, 9.17) is 10.2 Å². The van der Waals surface area contributed by atoms with Crippen LogP contribution in [0, 0.1) is 0 Å². The van der Waals surface area contributed by atoms with Crippen molar-refractivity contribution >= 4 is 21.9 Å². The van der Waals surface area contributed by atoms with Crippen LogP contribution in [0.4, 0.5) is 13.2 Å². The van der Waals surface area contributed by atoms with Gasteiger partial charge >= 0.3 is 12.3 Å². The van der Waals surface area contributed by atoms with E-state index < -0.39 is 30.6 Å². The van der Waals surface area contributed by atoms with Crippen LogP contribution in [0.5, 0.6) is 5.75 Å². The van der Waals surface area contributed by atoms with E-state index in [0.717, 1.165) is 6.07 Å². The Morgan fingerprint density at radius 1 is 1.44 bits per heavy atom. The Labute approximate surface area is 108 Å². The maximum Gasteiger partial charge on any atom is 0.573 e. The van der Waals surface area contributed by atoms with Gasteiger partial charge in [-0.1, -0.05) is 15.9 Å². The predicted octanol–water partition coefficient (Wildman–Crippen LogP) is 2.34. The van der Waals surface area contributed by atoms with Crippen LogP contribution in [-0.2, 0) is 11.2 Å². The molecule has 2 N–H and O–H groups in total. The summed E-state index contributed by atoms with van der Waals surface area (Å²) in [6.07, 6.45) is -7.16. The molecule has 1 atom stereocenters. The van der Waals surface area contributed by atoms with Gasteiger partial charge in [0.25, 0.3) is 0 Å². The summed E-state index contributed by atoms with van der Waals surface area (Å²) in [5.41, 5.74) is -0.0587. The molecule has 0 amide bonds. The van der Waals surface area contributed by atoms with Gasteiger partial charge in [-0.2, -0.15) is 0 Å². The van der Waals surface area contributed by atoms with E-state index in [1.165, 1.54) is 12.1 Å². The summed E-state index contributed by atoms with van der Waals surface area (Å²) in [7, 11) is 0. The van der Waals surface area contributed by atoms with Crippen LogP contribution >= 0.6 is 15.9 Å². The maximum atomic E-state index is 12.1. The van der Waals surface area contributed by atoms with E-state index in [-0.39, 0.29) is 5.56 Å². The topological polar surface area (TPSA) is 66.8 Å². The summed E-state index contributed by atoms with van der Waals surface area (Å²) in [6.45, 7) is 0. The van der Waals surface area contributed by atoms with Crippen molar-refractivity contribution < 1.29 is 32.9 Å². The molecule has 1 aromatic carbocycles. The zero-order valence-electron chi connectivity index (χ0n) is 8.74. The highest BCUT2D eigenvalue weighted by atomic mass is 79.9. The largest absolute Gasteiger partial charge is 0.573 e. The monoisotopic (exact) mass is 328 g/mol. The molecule has 0 bridgehead atoms. The minimum Gasteiger partial charge on any atom is -0.479 e. The standard InChI is InChI=1S/C10H8BrF3O4/c11-6-1-2-8(18-10(12,13)14)5(3-6)4-7(15)9(16)17/h1-3,7,15H,4H2,(H,16,17). The van der Waals surface area contributed by atoms with E-state index in [2.05, 4.69) is 20.7 Å². The van der Waals surface area contributed by atoms with Gasteiger partial charge in [-0.15, -0.1) is 13.2 Å². The van der Waals surface area contributed by atoms with Gasteiger partial charge < -0.3 is 14.9 Å². The average Bonchev–Trinajstić information content (AvgIpc) is 2.20. The number of hydrogen-bond donors (Lipinski definition) is 2. The van der Waals surface area contributed by atoms with Crippen LogP contribution in [0.25, 0.3) is 0 Å². The molecular formula is C10H8BrF3O4. The van der Waals surface area contributed by atoms with Crippen molar-refractivity contribution in [2.45, 2.75) is 18.9 Å². The molecule has 0 saturated heterocycles. The molecule has 0 spiro atoms. The van der Waals surface area contributed by atoms with Crippen molar-refractivity contribution in [1.82, 2.24) is 0 Å². The summed E-state index contributed by atoms with van der Waals surface area (Å²) < 4.78 is 40.5. The third-order valence-corrected chi connectivity index (χ3v) is 2.44. The van der Waals surface area contributed by atoms with Crippen molar-refractivity contribution in [3.05, 3.63) is 28.2 Å². The van der Waals surface area contributed by atoms with Gasteiger partial charge in [-0.3, -0.25) is 0 Å². The molecule has 0 aliphatic rings. The van der Waals surface area contributed by atoms with Gasteiger partial charge in [0.05, 0.1) is 0 Å². The Kier molecular flexibility index (Phi) is 4.58. The van der Waals surface area contributed by atoms with E-state index in [1.807, 2.05) is 0 Å². The van der Waals surface area contributed by atoms with E-state index >= 15 is 0 Å². The fourth-order valence-corrected chi connectivity index (χ4v) is 1.64. The first-order chi connectivity index (χ1) is 8.19. The van der Waals surface area contributed by atoms with Gasteiger partial charge in [0, 0.05) is 10.9 Å². The highest BCUT2D eigenvalue weighted by Crippen LogP contribution is 2.29. The fourth-order valence-electron chi connectivity index (χ4n) is 1.23. The number of hydrogen-bond acceptors (Lipinski definition) is 3. The second-order valence-corrected chi connectivity index (χ2v) is 4.27. The van der Waals surface area contributed by atoms with Crippen molar-refractivity contribution in [1.29, 1.82) is 0 Å². The van der Waals surface area contributed by atoms with Crippen LogP contribution in [0.3, 0.4) is 0 Å². The number of halogens is 4. The summed E-state index contributed by atoms with van der Waals surface area (Å²) in [5, 5.41) is 17.7. The lowest BCUT2D eigenvalue weighted by Crippen LogP contribution is -2.23. The number of carboxylic acid groups (broad SMARTS) is 1. The van der Waals surface area contributed by atoms with E-state index in [9.17, 15) is 18.0 Å². The molecule has 100 valence electrons. The lowest BCUT2D eigenvalue weighted by molar-refractivity contribution is -0.274. The molecule has 1 unspecified atom stereocenters. The van der Waals surface area contributed by atoms with Crippen LogP contribution in [-0.4, -0.2) is 28.6 Å². The summed E-state index contributed by atoms with van der Waals surface area (Å²) in [6, 6.07) is 3.62. The summed E-state index contributed by atoms with van der Waals surface area (Å²) in [5.74, 6) is -2.06. The highest BCUT2D eigenvalue weighted by molar-refractivity contribution is 9.10. The number of carbonyl (C=O) groups is 1. The van der Waals surface area contributed by atoms with Crippen LogP contribution in [0.15, 0.2) is 22.7 Å². The van der Waals surface area contributed by atoms with E-state index in [1.54, 1.807) is 0 Å². The molecule has 0 aliphatic carbocycles. The molecule has 18 heavy (non-hydrogen) atoms. The van der Waals surface area contributed by atoms with Gasteiger partial charge in [0.1, 0.15) is 5.75 Å². The molecule has 1 rings (SSSR count). The van der Waals surface area contributed by atoms with Crippen molar-refractivity contribution in [3.8, 4) is 5.75 Å². The lowest BCUT2D eigenvalue weighted by atomic mass is 10.1. The van der Waals surface area contributed by atoms with Gasteiger partial charge in [-0.05, 0) is 23.8 Å². The maximum absolute atomic E-state index is 12.1. The zero-order valence-corrected chi connectivity index (χ0v) is 10.3. The van der Waals surface area contributed by atoms with Crippen molar-refractivity contribution in [2.24, 2.45) is 0 Å². The van der Waals surface area contributed by atoms with Crippen LogP contribution in [0.2, 0.25) is 0 Å².